The minimum absolute atomic E-state index is 0.0887. The van der Waals surface area contributed by atoms with Gasteiger partial charge in [-0.05, 0) is 61.4 Å². The van der Waals surface area contributed by atoms with Crippen molar-refractivity contribution in [3.05, 3.63) is 83.4 Å². The zero-order valence-electron chi connectivity index (χ0n) is 20.4. The van der Waals surface area contributed by atoms with Gasteiger partial charge in [-0.1, -0.05) is 12.1 Å². The smallest absolute Gasteiger partial charge is 0.267 e. The number of benzene rings is 2. The molecule has 6 rings (SSSR count). The zero-order chi connectivity index (χ0) is 25.2. The molecular formula is C28H28N6O3. The van der Waals surface area contributed by atoms with E-state index in [-0.39, 0.29) is 11.5 Å². The minimum atomic E-state index is -0.116. The van der Waals surface area contributed by atoms with Crippen LogP contribution in [0.3, 0.4) is 0 Å². The van der Waals surface area contributed by atoms with Gasteiger partial charge in [0.15, 0.2) is 0 Å². The van der Waals surface area contributed by atoms with Crippen LogP contribution in [0.2, 0.25) is 0 Å². The summed E-state index contributed by atoms with van der Waals surface area (Å²) in [5, 5.41) is 3.62. The number of para-hydroxylation sites is 1. The molecule has 1 saturated carbocycles. The second-order valence-corrected chi connectivity index (χ2v) is 9.45. The first kappa shape index (κ1) is 23.2. The lowest BCUT2D eigenvalue weighted by atomic mass is 10.2. The number of fused-ring (bicyclic) bond motifs is 1. The number of nitrogens with zero attached hydrogens (tertiary/aromatic N) is 5. The fraction of sp³-hybridized carbons (Fsp3) is 0.286. The van der Waals surface area contributed by atoms with Crippen molar-refractivity contribution in [2.75, 3.05) is 37.6 Å². The monoisotopic (exact) mass is 496 g/mol. The van der Waals surface area contributed by atoms with Crippen LogP contribution in [0.1, 0.15) is 12.8 Å². The minimum Gasteiger partial charge on any atom is -0.457 e. The van der Waals surface area contributed by atoms with Crippen LogP contribution in [0.15, 0.2) is 77.9 Å². The number of ether oxygens (including phenoxy) is 1. The van der Waals surface area contributed by atoms with E-state index in [1.807, 2.05) is 48.5 Å². The van der Waals surface area contributed by atoms with Crippen LogP contribution in [0.25, 0.3) is 16.6 Å². The Labute approximate surface area is 214 Å². The van der Waals surface area contributed by atoms with Gasteiger partial charge in [0.05, 0.1) is 23.1 Å². The first-order chi connectivity index (χ1) is 18.1. The van der Waals surface area contributed by atoms with Crippen LogP contribution in [0, 0.1) is 0 Å². The number of anilines is 1. The number of carbonyl (C=O) groups is 1. The van der Waals surface area contributed by atoms with Gasteiger partial charge in [0.2, 0.25) is 11.9 Å². The largest absolute Gasteiger partial charge is 0.457 e. The molecule has 0 radical (unpaired) electrons. The van der Waals surface area contributed by atoms with E-state index in [1.165, 1.54) is 0 Å². The average molecular weight is 497 g/mol. The lowest BCUT2D eigenvalue weighted by molar-refractivity contribution is -0.122. The molecule has 1 saturated heterocycles. The van der Waals surface area contributed by atoms with E-state index in [9.17, 15) is 9.59 Å². The molecule has 0 bridgehead atoms. The summed E-state index contributed by atoms with van der Waals surface area (Å²) in [5.41, 5.74) is 1.27. The van der Waals surface area contributed by atoms with Gasteiger partial charge < -0.3 is 15.0 Å². The number of nitrogens with one attached hydrogen (secondary N) is 1. The molecule has 37 heavy (non-hydrogen) atoms. The summed E-state index contributed by atoms with van der Waals surface area (Å²) < 4.78 is 7.57. The van der Waals surface area contributed by atoms with Crippen molar-refractivity contribution in [1.82, 2.24) is 24.8 Å². The molecule has 1 amide bonds. The summed E-state index contributed by atoms with van der Waals surface area (Å²) in [7, 11) is 0. The molecule has 2 fully saturated rings. The molecule has 3 heterocycles. The lowest BCUT2D eigenvalue weighted by Gasteiger charge is -2.35. The van der Waals surface area contributed by atoms with Gasteiger partial charge in [0, 0.05) is 44.6 Å². The molecule has 4 aromatic rings. The molecule has 0 unspecified atom stereocenters. The Kier molecular flexibility index (Phi) is 6.28. The molecular weight excluding hydrogens is 468 g/mol. The second-order valence-electron chi connectivity index (χ2n) is 9.45. The fourth-order valence-corrected chi connectivity index (χ4v) is 4.58. The van der Waals surface area contributed by atoms with Gasteiger partial charge >= 0.3 is 0 Å². The third kappa shape index (κ3) is 5.17. The second kappa shape index (κ2) is 10.0. The molecule has 0 atom stereocenters. The average Bonchev–Trinajstić information content (AvgIpc) is 3.74. The van der Waals surface area contributed by atoms with Crippen LogP contribution >= 0.6 is 0 Å². The predicted molar refractivity (Wildman–Crippen MR) is 141 cm³/mol. The molecule has 188 valence electrons. The van der Waals surface area contributed by atoms with Crippen molar-refractivity contribution >= 4 is 22.8 Å². The lowest BCUT2D eigenvalue weighted by Crippen LogP contribution is -2.51. The maximum absolute atomic E-state index is 13.7. The number of pyridine rings is 1. The highest BCUT2D eigenvalue weighted by Crippen LogP contribution is 2.25. The van der Waals surface area contributed by atoms with Gasteiger partial charge in [-0.25, -0.2) is 9.55 Å². The van der Waals surface area contributed by atoms with E-state index >= 15 is 0 Å². The highest BCUT2D eigenvalue weighted by molar-refractivity contribution is 5.80. The van der Waals surface area contributed by atoms with E-state index in [1.54, 1.807) is 29.1 Å². The van der Waals surface area contributed by atoms with Crippen molar-refractivity contribution in [3.63, 3.8) is 0 Å². The zero-order valence-corrected chi connectivity index (χ0v) is 20.4. The molecule has 2 aliphatic rings. The first-order valence-corrected chi connectivity index (χ1v) is 12.6. The third-order valence-electron chi connectivity index (χ3n) is 6.70. The topological polar surface area (TPSA) is 92.6 Å². The number of carbonyl (C=O) groups excluding carboxylic acids is 1. The summed E-state index contributed by atoms with van der Waals surface area (Å²) in [6.07, 6.45) is 5.52. The summed E-state index contributed by atoms with van der Waals surface area (Å²) in [4.78, 5) is 39.1. The van der Waals surface area contributed by atoms with E-state index in [4.69, 9.17) is 9.72 Å². The van der Waals surface area contributed by atoms with E-state index in [0.29, 0.717) is 59.7 Å². The van der Waals surface area contributed by atoms with Crippen LogP contribution in [-0.2, 0) is 4.79 Å². The van der Waals surface area contributed by atoms with Gasteiger partial charge in [-0.15, -0.1) is 0 Å². The van der Waals surface area contributed by atoms with E-state index in [2.05, 4.69) is 20.1 Å². The normalized spacial score (nSPS) is 16.1. The van der Waals surface area contributed by atoms with Gasteiger partial charge in [0.1, 0.15) is 11.5 Å². The maximum Gasteiger partial charge on any atom is 0.267 e. The SMILES string of the molecule is O=C(CN1CCN(c2nc3ccccc3c(=O)n2-c2ccc(Oc3ccncc3)cc2)CC1)NC1CC1. The molecule has 2 aromatic carbocycles. The van der Waals surface area contributed by atoms with Crippen LogP contribution < -0.4 is 20.5 Å². The quantitative estimate of drug-likeness (QED) is 0.421. The molecule has 9 heteroatoms. The first-order valence-electron chi connectivity index (χ1n) is 12.6. The van der Waals surface area contributed by atoms with Crippen molar-refractivity contribution in [3.8, 4) is 17.2 Å². The maximum atomic E-state index is 13.7. The third-order valence-corrected chi connectivity index (χ3v) is 6.70. The highest BCUT2D eigenvalue weighted by atomic mass is 16.5. The van der Waals surface area contributed by atoms with Crippen LogP contribution in [-0.4, -0.2) is 64.1 Å². The number of rotatable bonds is 7. The molecule has 0 spiro atoms. The van der Waals surface area contributed by atoms with Crippen molar-refractivity contribution in [2.45, 2.75) is 18.9 Å². The Morgan fingerprint density at radius 3 is 2.35 bits per heavy atom. The van der Waals surface area contributed by atoms with Crippen LogP contribution in [0.4, 0.5) is 5.95 Å². The highest BCUT2D eigenvalue weighted by Gasteiger charge is 2.27. The van der Waals surface area contributed by atoms with Gasteiger partial charge in [0.25, 0.3) is 5.56 Å². The summed E-state index contributed by atoms with van der Waals surface area (Å²) >= 11 is 0. The molecule has 2 aromatic heterocycles. The molecule has 1 N–H and O–H groups in total. The fourth-order valence-electron chi connectivity index (χ4n) is 4.58. The standard InChI is InChI=1S/C28H28N6O3/c35-26(30-20-5-6-20)19-32-15-17-33(18-16-32)28-31-25-4-2-1-3-24(25)27(36)34(28)21-7-9-22(10-8-21)37-23-11-13-29-14-12-23/h1-4,7-14,20H,5-6,15-19H2,(H,30,35). The predicted octanol–water partition coefficient (Wildman–Crippen LogP) is 2.97. The molecule has 1 aliphatic carbocycles. The number of amides is 1. The van der Waals surface area contributed by atoms with Crippen molar-refractivity contribution in [2.24, 2.45) is 0 Å². The number of hydrogen-bond acceptors (Lipinski definition) is 7. The van der Waals surface area contributed by atoms with Gasteiger partial charge in [-0.3, -0.25) is 19.5 Å². The number of hydrogen-bond donors (Lipinski definition) is 1. The van der Waals surface area contributed by atoms with Gasteiger partial charge in [-0.2, -0.15) is 0 Å². The summed E-state index contributed by atoms with van der Waals surface area (Å²) in [6, 6.07) is 18.8. The van der Waals surface area contributed by atoms with E-state index in [0.717, 1.165) is 25.9 Å². The Morgan fingerprint density at radius 2 is 1.62 bits per heavy atom. The number of aromatic nitrogens is 3. The number of piperazine rings is 1. The summed E-state index contributed by atoms with van der Waals surface area (Å²) in [5.74, 6) is 2.05. The van der Waals surface area contributed by atoms with E-state index < -0.39 is 0 Å². The van der Waals surface area contributed by atoms with Crippen molar-refractivity contribution < 1.29 is 9.53 Å². The molecule has 1 aliphatic heterocycles. The van der Waals surface area contributed by atoms with Crippen LogP contribution in [0.5, 0.6) is 11.5 Å². The Balaban J connectivity index is 1.27. The Hall–Kier alpha value is -4.24. The van der Waals surface area contributed by atoms with Crippen molar-refractivity contribution in [1.29, 1.82) is 0 Å². The molecule has 9 nitrogen and oxygen atoms in total. The summed E-state index contributed by atoms with van der Waals surface area (Å²) in [6.45, 7) is 3.19. The Bertz CT molecular complexity index is 1460. The Morgan fingerprint density at radius 1 is 0.919 bits per heavy atom.